The first-order valence-electron chi connectivity index (χ1n) is 6.85. The monoisotopic (exact) mass is 408 g/mol. The lowest BCUT2D eigenvalue weighted by Crippen LogP contribution is -2.43. The number of hydrogen-bond donors (Lipinski definition) is 3. The molecule has 1 amide bonds. The molecule has 0 fully saturated rings. The first kappa shape index (κ1) is 19.8. The standard InChI is InChI=1S/C14H24N4O2.HI/c1-11(2)6-7-16-14(15-3)18-10-13(19)17-9-12-5-4-8-20-12;/h4-5,8,11H,6-7,9-10H2,1-3H3,(H,17,19)(H2,15,16,18);1H. The fraction of sp³-hybridized carbons (Fsp3) is 0.571. The van der Waals surface area contributed by atoms with Crippen LogP contribution in [0.3, 0.4) is 0 Å². The zero-order valence-electron chi connectivity index (χ0n) is 12.8. The number of carbonyl (C=O) groups excluding carboxylic acids is 1. The molecule has 0 aliphatic heterocycles. The SMILES string of the molecule is CN=C(NCCC(C)C)NCC(=O)NCc1ccco1.I. The molecule has 0 saturated heterocycles. The van der Waals surface area contributed by atoms with Gasteiger partial charge in [-0.3, -0.25) is 9.79 Å². The lowest BCUT2D eigenvalue weighted by molar-refractivity contribution is -0.120. The summed E-state index contributed by atoms with van der Waals surface area (Å²) in [6.45, 7) is 5.75. The number of amides is 1. The van der Waals surface area contributed by atoms with Gasteiger partial charge >= 0.3 is 0 Å². The summed E-state index contributed by atoms with van der Waals surface area (Å²) in [6, 6.07) is 3.61. The van der Waals surface area contributed by atoms with Crippen molar-refractivity contribution in [3.63, 3.8) is 0 Å². The Bertz CT molecular complexity index is 419. The summed E-state index contributed by atoms with van der Waals surface area (Å²) in [5.74, 6) is 1.90. The van der Waals surface area contributed by atoms with Crippen LogP contribution < -0.4 is 16.0 Å². The van der Waals surface area contributed by atoms with Crippen molar-refractivity contribution in [1.82, 2.24) is 16.0 Å². The number of furan rings is 1. The quantitative estimate of drug-likeness (QED) is 0.365. The van der Waals surface area contributed by atoms with Crippen molar-refractivity contribution in [3.8, 4) is 0 Å². The first-order valence-corrected chi connectivity index (χ1v) is 6.85. The van der Waals surface area contributed by atoms with E-state index in [0.717, 1.165) is 18.7 Å². The average Bonchev–Trinajstić information content (AvgIpc) is 2.93. The van der Waals surface area contributed by atoms with Crippen molar-refractivity contribution in [1.29, 1.82) is 0 Å². The maximum Gasteiger partial charge on any atom is 0.239 e. The first-order chi connectivity index (χ1) is 9.61. The molecule has 0 radical (unpaired) electrons. The lowest BCUT2D eigenvalue weighted by atomic mass is 10.1. The van der Waals surface area contributed by atoms with Crippen LogP contribution in [-0.4, -0.2) is 32.0 Å². The van der Waals surface area contributed by atoms with Crippen LogP contribution in [0, 0.1) is 5.92 Å². The van der Waals surface area contributed by atoms with Crippen molar-refractivity contribution in [2.75, 3.05) is 20.1 Å². The number of aliphatic imine (C=N–C) groups is 1. The van der Waals surface area contributed by atoms with Gasteiger partial charge in [-0.05, 0) is 24.5 Å². The van der Waals surface area contributed by atoms with Gasteiger partial charge in [0.15, 0.2) is 5.96 Å². The van der Waals surface area contributed by atoms with Crippen LogP contribution in [0.5, 0.6) is 0 Å². The van der Waals surface area contributed by atoms with Crippen molar-refractivity contribution in [3.05, 3.63) is 24.2 Å². The Morgan fingerprint density at radius 3 is 2.67 bits per heavy atom. The van der Waals surface area contributed by atoms with E-state index in [1.165, 1.54) is 0 Å². The summed E-state index contributed by atoms with van der Waals surface area (Å²) in [4.78, 5) is 15.7. The molecule has 0 spiro atoms. The predicted molar refractivity (Wildman–Crippen MR) is 94.8 cm³/mol. The van der Waals surface area contributed by atoms with Crippen molar-refractivity contribution in [2.45, 2.75) is 26.8 Å². The fourth-order valence-electron chi connectivity index (χ4n) is 1.53. The van der Waals surface area contributed by atoms with Gasteiger partial charge in [-0.1, -0.05) is 13.8 Å². The fourth-order valence-corrected chi connectivity index (χ4v) is 1.53. The molecule has 0 unspecified atom stereocenters. The minimum absolute atomic E-state index is 0. The second-order valence-corrected chi connectivity index (χ2v) is 4.89. The zero-order chi connectivity index (χ0) is 14.8. The molecule has 1 heterocycles. The Morgan fingerprint density at radius 2 is 2.10 bits per heavy atom. The van der Waals surface area contributed by atoms with Gasteiger partial charge in [0.1, 0.15) is 5.76 Å². The molecule has 1 rings (SSSR count). The molecule has 1 aromatic heterocycles. The number of rotatable bonds is 7. The van der Waals surface area contributed by atoms with Gasteiger partial charge in [0, 0.05) is 13.6 Å². The van der Waals surface area contributed by atoms with Gasteiger partial charge in [-0.15, -0.1) is 24.0 Å². The van der Waals surface area contributed by atoms with Gasteiger partial charge in [0.25, 0.3) is 0 Å². The maximum atomic E-state index is 11.6. The van der Waals surface area contributed by atoms with Gasteiger partial charge in [-0.2, -0.15) is 0 Å². The number of nitrogens with one attached hydrogen (secondary N) is 3. The van der Waals surface area contributed by atoms with E-state index >= 15 is 0 Å². The highest BCUT2D eigenvalue weighted by molar-refractivity contribution is 14.0. The Labute approximate surface area is 143 Å². The number of carbonyl (C=O) groups is 1. The van der Waals surface area contributed by atoms with E-state index in [4.69, 9.17) is 4.42 Å². The van der Waals surface area contributed by atoms with Crippen molar-refractivity contribution < 1.29 is 9.21 Å². The average molecular weight is 408 g/mol. The molecule has 6 nitrogen and oxygen atoms in total. The van der Waals surface area contributed by atoms with Gasteiger partial charge in [0.2, 0.25) is 5.91 Å². The third-order valence-electron chi connectivity index (χ3n) is 2.69. The molecule has 0 atom stereocenters. The van der Waals surface area contributed by atoms with E-state index in [1.54, 1.807) is 19.4 Å². The predicted octanol–water partition coefficient (Wildman–Crippen LogP) is 1.72. The maximum absolute atomic E-state index is 11.6. The highest BCUT2D eigenvalue weighted by Crippen LogP contribution is 1.98. The Balaban J connectivity index is 0.00000400. The Morgan fingerprint density at radius 1 is 1.33 bits per heavy atom. The third-order valence-corrected chi connectivity index (χ3v) is 2.69. The molecule has 21 heavy (non-hydrogen) atoms. The summed E-state index contributed by atoms with van der Waals surface area (Å²) in [6.07, 6.45) is 2.64. The number of guanidine groups is 1. The highest BCUT2D eigenvalue weighted by Gasteiger charge is 2.04. The summed E-state index contributed by atoms with van der Waals surface area (Å²) in [5, 5.41) is 8.90. The van der Waals surface area contributed by atoms with Crippen LogP contribution >= 0.6 is 24.0 Å². The highest BCUT2D eigenvalue weighted by atomic mass is 127. The van der Waals surface area contributed by atoms with Crippen LogP contribution in [-0.2, 0) is 11.3 Å². The third kappa shape index (κ3) is 9.33. The lowest BCUT2D eigenvalue weighted by Gasteiger charge is -2.12. The largest absolute Gasteiger partial charge is 0.467 e. The van der Waals surface area contributed by atoms with Crippen LogP contribution in [0.25, 0.3) is 0 Å². The number of hydrogen-bond acceptors (Lipinski definition) is 3. The smallest absolute Gasteiger partial charge is 0.239 e. The van der Waals surface area contributed by atoms with E-state index in [0.29, 0.717) is 18.4 Å². The summed E-state index contributed by atoms with van der Waals surface area (Å²) >= 11 is 0. The van der Waals surface area contributed by atoms with Crippen LogP contribution in [0.1, 0.15) is 26.0 Å². The zero-order valence-corrected chi connectivity index (χ0v) is 15.1. The van der Waals surface area contributed by atoms with E-state index in [2.05, 4.69) is 34.8 Å². The van der Waals surface area contributed by atoms with Gasteiger partial charge in [-0.25, -0.2) is 0 Å². The molecule has 7 heteroatoms. The topological polar surface area (TPSA) is 78.7 Å². The van der Waals surface area contributed by atoms with E-state index in [1.807, 2.05) is 6.07 Å². The Hall–Kier alpha value is -1.25. The molecule has 120 valence electrons. The molecular formula is C14H25IN4O2. The van der Waals surface area contributed by atoms with E-state index in [-0.39, 0.29) is 36.4 Å². The minimum Gasteiger partial charge on any atom is -0.467 e. The molecule has 0 aliphatic rings. The summed E-state index contributed by atoms with van der Waals surface area (Å²) in [7, 11) is 1.69. The van der Waals surface area contributed by atoms with Crippen molar-refractivity contribution in [2.24, 2.45) is 10.9 Å². The molecule has 0 aliphatic carbocycles. The molecule has 1 aromatic rings. The second-order valence-electron chi connectivity index (χ2n) is 4.89. The molecule has 0 saturated carbocycles. The van der Waals surface area contributed by atoms with Gasteiger partial charge in [0.05, 0.1) is 19.4 Å². The summed E-state index contributed by atoms with van der Waals surface area (Å²) in [5.41, 5.74) is 0. The normalized spacial score (nSPS) is 11.0. The van der Waals surface area contributed by atoms with Crippen molar-refractivity contribution >= 4 is 35.8 Å². The molecule has 0 bridgehead atoms. The van der Waals surface area contributed by atoms with E-state index < -0.39 is 0 Å². The molecule has 3 N–H and O–H groups in total. The number of nitrogens with zero attached hydrogens (tertiary/aromatic N) is 1. The molecular weight excluding hydrogens is 383 g/mol. The van der Waals surface area contributed by atoms with Crippen LogP contribution in [0.4, 0.5) is 0 Å². The van der Waals surface area contributed by atoms with E-state index in [9.17, 15) is 4.79 Å². The van der Waals surface area contributed by atoms with Crippen LogP contribution in [0.15, 0.2) is 27.8 Å². The van der Waals surface area contributed by atoms with Crippen LogP contribution in [0.2, 0.25) is 0 Å². The minimum atomic E-state index is -0.104. The number of halogens is 1. The Kier molecular flexibility index (Phi) is 10.7. The second kappa shape index (κ2) is 11.4. The summed E-state index contributed by atoms with van der Waals surface area (Å²) < 4.78 is 5.13. The molecule has 0 aromatic carbocycles. The van der Waals surface area contributed by atoms with Gasteiger partial charge < -0.3 is 20.4 Å².